The van der Waals surface area contributed by atoms with E-state index < -0.39 is 12.5 Å². The number of halogens is 3. The molecule has 7 heteroatoms. The van der Waals surface area contributed by atoms with Gasteiger partial charge in [0.15, 0.2) is 0 Å². The Hall–Kier alpha value is -2.15. The lowest BCUT2D eigenvalue weighted by atomic mass is 10.1. The van der Waals surface area contributed by atoms with Gasteiger partial charge in [0, 0.05) is 10.0 Å². The molecule has 0 radical (unpaired) electrons. The molecular formula is C18H18BrF2NO3. The molecule has 2 rings (SSSR count). The van der Waals surface area contributed by atoms with Crippen molar-refractivity contribution in [1.82, 2.24) is 0 Å². The second-order valence-electron chi connectivity index (χ2n) is 5.20. The molecule has 0 aliphatic heterocycles. The number of anilines is 1. The van der Waals surface area contributed by atoms with Crippen molar-refractivity contribution >= 4 is 27.7 Å². The number of amides is 1. The first kappa shape index (κ1) is 19.2. The fourth-order valence-corrected chi connectivity index (χ4v) is 2.73. The topological polar surface area (TPSA) is 47.6 Å². The number of hydrogen-bond acceptors (Lipinski definition) is 3. The highest BCUT2D eigenvalue weighted by atomic mass is 79.9. The molecule has 0 aliphatic rings. The number of alkyl halides is 2. The van der Waals surface area contributed by atoms with Gasteiger partial charge in [0.25, 0.3) is 6.43 Å². The maximum absolute atomic E-state index is 13.3. The first-order chi connectivity index (χ1) is 12.0. The molecule has 0 bridgehead atoms. The summed E-state index contributed by atoms with van der Waals surface area (Å²) in [6.07, 6.45) is -2.59. The standard InChI is InChI=1S/C18H18BrF2NO3/c1-3-11-7-8-16(12(9-11)17(20)21)25-10-13-14(19)5-4-6-15(13)22-18(23)24-2/h4-9,17H,3,10H2,1-2H3,(H,22,23). The molecule has 0 saturated heterocycles. The van der Waals surface area contributed by atoms with Crippen LogP contribution in [0.1, 0.15) is 30.0 Å². The van der Waals surface area contributed by atoms with E-state index in [2.05, 4.69) is 26.0 Å². The lowest BCUT2D eigenvalue weighted by Gasteiger charge is -2.16. The van der Waals surface area contributed by atoms with Gasteiger partial charge in [0.1, 0.15) is 12.4 Å². The number of benzene rings is 2. The fraction of sp³-hybridized carbons (Fsp3) is 0.278. The predicted molar refractivity (Wildman–Crippen MR) is 95.3 cm³/mol. The number of methoxy groups -OCH3 is 1. The number of aryl methyl sites for hydroxylation is 1. The van der Waals surface area contributed by atoms with E-state index in [-0.39, 0.29) is 17.9 Å². The molecule has 0 aliphatic carbocycles. The highest BCUT2D eigenvalue weighted by molar-refractivity contribution is 9.10. The zero-order valence-corrected chi connectivity index (χ0v) is 15.4. The Morgan fingerprint density at radius 3 is 2.68 bits per heavy atom. The van der Waals surface area contributed by atoms with E-state index in [1.165, 1.54) is 13.2 Å². The average Bonchev–Trinajstić information content (AvgIpc) is 2.60. The average molecular weight is 414 g/mol. The second-order valence-corrected chi connectivity index (χ2v) is 6.05. The van der Waals surface area contributed by atoms with Crippen molar-refractivity contribution in [2.45, 2.75) is 26.4 Å². The molecule has 0 saturated carbocycles. The third kappa shape index (κ3) is 4.92. The van der Waals surface area contributed by atoms with Gasteiger partial charge in [-0.3, -0.25) is 5.32 Å². The van der Waals surface area contributed by atoms with Gasteiger partial charge in [-0.2, -0.15) is 0 Å². The first-order valence-corrected chi connectivity index (χ1v) is 8.41. The molecule has 2 aromatic carbocycles. The van der Waals surface area contributed by atoms with Crippen molar-refractivity contribution in [3.05, 3.63) is 57.6 Å². The summed E-state index contributed by atoms with van der Waals surface area (Å²) < 4.78 is 37.5. The van der Waals surface area contributed by atoms with Crippen LogP contribution in [0.15, 0.2) is 40.9 Å². The molecule has 0 fully saturated rings. The van der Waals surface area contributed by atoms with Gasteiger partial charge in [-0.1, -0.05) is 35.0 Å². The molecule has 2 aromatic rings. The lowest BCUT2D eigenvalue weighted by Crippen LogP contribution is -2.13. The SMILES string of the molecule is CCc1ccc(OCc2c(Br)cccc2NC(=O)OC)c(C(F)F)c1. The minimum Gasteiger partial charge on any atom is -0.488 e. The molecule has 0 spiro atoms. The lowest BCUT2D eigenvalue weighted by molar-refractivity contribution is 0.144. The second kappa shape index (κ2) is 8.80. The Balaban J connectivity index is 2.26. The molecule has 0 atom stereocenters. The monoisotopic (exact) mass is 413 g/mol. The molecule has 4 nitrogen and oxygen atoms in total. The summed E-state index contributed by atoms with van der Waals surface area (Å²) in [4.78, 5) is 11.4. The van der Waals surface area contributed by atoms with Gasteiger partial charge in [0.2, 0.25) is 0 Å². The van der Waals surface area contributed by atoms with Crippen LogP contribution in [0.4, 0.5) is 19.3 Å². The molecule has 134 valence electrons. The molecule has 25 heavy (non-hydrogen) atoms. The van der Waals surface area contributed by atoms with E-state index in [4.69, 9.17) is 4.74 Å². The first-order valence-electron chi connectivity index (χ1n) is 7.62. The van der Waals surface area contributed by atoms with Crippen molar-refractivity contribution in [2.24, 2.45) is 0 Å². The highest BCUT2D eigenvalue weighted by Gasteiger charge is 2.16. The number of ether oxygens (including phenoxy) is 2. The molecule has 0 unspecified atom stereocenters. The number of rotatable bonds is 6. The molecule has 0 heterocycles. The van der Waals surface area contributed by atoms with Gasteiger partial charge in [-0.05, 0) is 36.2 Å². The molecular weight excluding hydrogens is 396 g/mol. The van der Waals surface area contributed by atoms with Crippen LogP contribution in [-0.2, 0) is 17.8 Å². The molecule has 0 aromatic heterocycles. The number of hydrogen-bond donors (Lipinski definition) is 1. The predicted octanol–water partition coefficient (Wildman–Crippen LogP) is 5.71. The minimum atomic E-state index is -2.63. The van der Waals surface area contributed by atoms with Crippen LogP contribution in [0.5, 0.6) is 5.75 Å². The van der Waals surface area contributed by atoms with Crippen LogP contribution in [0.3, 0.4) is 0 Å². The summed E-state index contributed by atoms with van der Waals surface area (Å²) in [5, 5.41) is 2.57. The van der Waals surface area contributed by atoms with E-state index in [0.29, 0.717) is 22.1 Å². The van der Waals surface area contributed by atoms with Gasteiger partial charge < -0.3 is 9.47 Å². The van der Waals surface area contributed by atoms with E-state index in [1.54, 1.807) is 30.3 Å². The van der Waals surface area contributed by atoms with E-state index >= 15 is 0 Å². The van der Waals surface area contributed by atoms with Crippen LogP contribution in [0.2, 0.25) is 0 Å². The van der Waals surface area contributed by atoms with Crippen molar-refractivity contribution in [1.29, 1.82) is 0 Å². The van der Waals surface area contributed by atoms with Crippen molar-refractivity contribution in [2.75, 3.05) is 12.4 Å². The van der Waals surface area contributed by atoms with Gasteiger partial charge in [-0.25, -0.2) is 13.6 Å². The van der Waals surface area contributed by atoms with Crippen LogP contribution in [0, 0.1) is 0 Å². The normalized spacial score (nSPS) is 10.6. The summed E-state index contributed by atoms with van der Waals surface area (Å²) >= 11 is 3.38. The highest BCUT2D eigenvalue weighted by Crippen LogP contribution is 2.32. The smallest absolute Gasteiger partial charge is 0.411 e. The van der Waals surface area contributed by atoms with Gasteiger partial charge in [0.05, 0.1) is 18.4 Å². The minimum absolute atomic E-state index is 0.00590. The third-order valence-corrected chi connectivity index (χ3v) is 4.37. The number of carbonyl (C=O) groups excluding carboxylic acids is 1. The summed E-state index contributed by atoms with van der Waals surface area (Å²) in [5.74, 6) is 0.118. The Bertz CT molecular complexity index is 753. The zero-order valence-electron chi connectivity index (χ0n) is 13.8. The van der Waals surface area contributed by atoms with Crippen molar-refractivity contribution < 1.29 is 23.0 Å². The van der Waals surface area contributed by atoms with Crippen LogP contribution in [0.25, 0.3) is 0 Å². The summed E-state index contributed by atoms with van der Waals surface area (Å²) in [5.41, 5.74) is 1.77. The number of carbonyl (C=O) groups is 1. The number of nitrogens with one attached hydrogen (secondary N) is 1. The third-order valence-electron chi connectivity index (χ3n) is 3.63. The van der Waals surface area contributed by atoms with E-state index in [0.717, 1.165) is 5.56 Å². The van der Waals surface area contributed by atoms with Crippen LogP contribution >= 0.6 is 15.9 Å². The Kier molecular flexibility index (Phi) is 6.75. The summed E-state index contributed by atoms with van der Waals surface area (Å²) in [6.45, 7) is 1.91. The Morgan fingerprint density at radius 1 is 1.28 bits per heavy atom. The largest absolute Gasteiger partial charge is 0.488 e. The van der Waals surface area contributed by atoms with Gasteiger partial charge in [-0.15, -0.1) is 0 Å². The quantitative estimate of drug-likeness (QED) is 0.659. The zero-order chi connectivity index (χ0) is 18.4. The van der Waals surface area contributed by atoms with Crippen molar-refractivity contribution in [3.8, 4) is 5.75 Å². The van der Waals surface area contributed by atoms with Gasteiger partial charge >= 0.3 is 6.09 Å². The van der Waals surface area contributed by atoms with E-state index in [1.807, 2.05) is 6.92 Å². The van der Waals surface area contributed by atoms with E-state index in [9.17, 15) is 13.6 Å². The maximum atomic E-state index is 13.3. The van der Waals surface area contributed by atoms with Crippen LogP contribution < -0.4 is 10.1 Å². The summed E-state index contributed by atoms with van der Waals surface area (Å²) in [6, 6.07) is 9.94. The summed E-state index contributed by atoms with van der Waals surface area (Å²) in [7, 11) is 1.26. The fourth-order valence-electron chi connectivity index (χ4n) is 2.25. The Morgan fingerprint density at radius 2 is 2.04 bits per heavy atom. The van der Waals surface area contributed by atoms with Crippen molar-refractivity contribution in [3.63, 3.8) is 0 Å². The molecule has 1 N–H and O–H groups in total. The molecule has 1 amide bonds. The Labute approximate surface area is 153 Å². The van der Waals surface area contributed by atoms with Crippen LogP contribution in [-0.4, -0.2) is 13.2 Å². The maximum Gasteiger partial charge on any atom is 0.411 e.